The molecule has 1 saturated heterocycles. The van der Waals surface area contributed by atoms with Gasteiger partial charge < -0.3 is 19.7 Å². The normalized spacial score (nSPS) is 17.6. The van der Waals surface area contributed by atoms with Crippen molar-refractivity contribution in [1.29, 1.82) is 0 Å². The van der Waals surface area contributed by atoms with Gasteiger partial charge in [-0.15, -0.1) is 11.3 Å². The van der Waals surface area contributed by atoms with Crippen LogP contribution >= 0.6 is 11.3 Å². The van der Waals surface area contributed by atoms with Gasteiger partial charge in [-0.3, -0.25) is 9.69 Å². The molecule has 2 aliphatic rings. The minimum atomic E-state index is -0.413. The molecule has 31 heavy (non-hydrogen) atoms. The van der Waals surface area contributed by atoms with Crippen LogP contribution in [0.1, 0.15) is 24.5 Å². The van der Waals surface area contributed by atoms with Gasteiger partial charge in [0.15, 0.2) is 10.8 Å². The van der Waals surface area contributed by atoms with Gasteiger partial charge in [-0.2, -0.15) is 0 Å². The van der Waals surface area contributed by atoms with E-state index in [0.29, 0.717) is 13.1 Å². The number of ether oxygens (including phenoxy) is 1. The summed E-state index contributed by atoms with van der Waals surface area (Å²) in [7, 11) is 0. The molecule has 0 spiro atoms. The molecule has 1 atom stereocenters. The Bertz CT molecular complexity index is 1170. The lowest BCUT2D eigenvalue weighted by Crippen LogP contribution is -2.33. The fraction of sp³-hybridized carbons (Fsp3) is 0.318. The van der Waals surface area contributed by atoms with Crippen LogP contribution in [0.25, 0.3) is 22.6 Å². The molecule has 0 bridgehead atoms. The van der Waals surface area contributed by atoms with E-state index in [1.807, 2.05) is 23.6 Å². The number of fused-ring (bicyclic) bond motifs is 3. The number of anilines is 1. The average molecular weight is 439 g/mol. The number of carbonyl (C=O) groups is 2. The van der Waals surface area contributed by atoms with Crippen LogP contribution in [-0.4, -0.2) is 41.5 Å². The van der Waals surface area contributed by atoms with E-state index in [0.717, 1.165) is 58.7 Å². The van der Waals surface area contributed by atoms with E-state index in [1.165, 1.54) is 18.3 Å². The topological polar surface area (TPSA) is 105 Å². The van der Waals surface area contributed by atoms with Crippen LogP contribution in [0.2, 0.25) is 0 Å². The Morgan fingerprint density at radius 2 is 2.23 bits per heavy atom. The number of aromatic nitrogens is 1. The van der Waals surface area contributed by atoms with Gasteiger partial charge in [-0.25, -0.2) is 4.79 Å². The maximum absolute atomic E-state index is 12.4. The van der Waals surface area contributed by atoms with E-state index in [4.69, 9.17) is 9.26 Å². The molecule has 3 heterocycles. The molecule has 2 amide bonds. The standard InChI is InChI=1S/C22H21N3O5S/c1-12(26)23-9-16-10-25(22(28)29-16)15-5-6-17-13(7-15)3-2-4-18-20(24-30-21(17)18)14-8-19(27)31-11-14/h5-8,11,16,27H,2-4,9-10H2,1H3,(H,23,26). The Labute approximate surface area is 182 Å². The van der Waals surface area contributed by atoms with E-state index in [1.54, 1.807) is 11.0 Å². The summed E-state index contributed by atoms with van der Waals surface area (Å²) in [4.78, 5) is 25.1. The Morgan fingerprint density at radius 3 is 3.00 bits per heavy atom. The van der Waals surface area contributed by atoms with Gasteiger partial charge in [-0.1, -0.05) is 5.16 Å². The van der Waals surface area contributed by atoms with Crippen molar-refractivity contribution in [3.05, 3.63) is 40.8 Å². The number of thiophene rings is 1. The number of aromatic hydroxyl groups is 1. The van der Waals surface area contributed by atoms with Gasteiger partial charge in [0.05, 0.1) is 13.1 Å². The van der Waals surface area contributed by atoms with E-state index in [9.17, 15) is 14.7 Å². The summed E-state index contributed by atoms with van der Waals surface area (Å²) in [5.74, 6) is 0.590. The van der Waals surface area contributed by atoms with E-state index in [2.05, 4.69) is 10.5 Å². The van der Waals surface area contributed by atoms with Gasteiger partial charge >= 0.3 is 6.09 Å². The fourth-order valence-electron chi connectivity index (χ4n) is 4.16. The molecular weight excluding hydrogens is 418 g/mol. The summed E-state index contributed by atoms with van der Waals surface area (Å²) in [5.41, 5.74) is 5.49. The summed E-state index contributed by atoms with van der Waals surface area (Å²) in [6.45, 7) is 2.12. The number of nitrogens with one attached hydrogen (secondary N) is 1. The highest BCUT2D eigenvalue weighted by atomic mass is 32.1. The fourth-order valence-corrected chi connectivity index (χ4v) is 4.78. The smallest absolute Gasteiger partial charge is 0.414 e. The largest absolute Gasteiger partial charge is 0.499 e. The molecule has 5 rings (SSSR count). The van der Waals surface area contributed by atoms with Crippen LogP contribution in [0.15, 0.2) is 34.2 Å². The second kappa shape index (κ2) is 7.73. The van der Waals surface area contributed by atoms with Crippen LogP contribution in [-0.2, 0) is 22.4 Å². The number of benzene rings is 1. The Balaban J connectivity index is 1.43. The van der Waals surface area contributed by atoms with Crippen LogP contribution in [0.3, 0.4) is 0 Å². The predicted molar refractivity (Wildman–Crippen MR) is 115 cm³/mol. The zero-order valence-corrected chi connectivity index (χ0v) is 17.7. The Kier molecular flexibility index (Phi) is 4.90. The monoisotopic (exact) mass is 439 g/mol. The molecule has 160 valence electrons. The number of aryl methyl sites for hydroxylation is 1. The lowest BCUT2D eigenvalue weighted by Gasteiger charge is -2.15. The summed E-state index contributed by atoms with van der Waals surface area (Å²) in [5, 5.41) is 18.8. The quantitative estimate of drug-likeness (QED) is 0.642. The molecule has 0 saturated carbocycles. The number of hydrogen-bond acceptors (Lipinski definition) is 7. The average Bonchev–Trinajstić information content (AvgIpc) is 3.42. The molecule has 2 aromatic heterocycles. The van der Waals surface area contributed by atoms with Crippen molar-refractivity contribution in [1.82, 2.24) is 10.5 Å². The van der Waals surface area contributed by atoms with Crippen LogP contribution in [0.5, 0.6) is 5.06 Å². The second-order valence-corrected chi connectivity index (χ2v) is 8.65. The van der Waals surface area contributed by atoms with Crippen molar-refractivity contribution in [3.63, 3.8) is 0 Å². The summed E-state index contributed by atoms with van der Waals surface area (Å²) >= 11 is 1.27. The Morgan fingerprint density at radius 1 is 1.35 bits per heavy atom. The van der Waals surface area contributed by atoms with Crippen LogP contribution < -0.4 is 10.2 Å². The number of rotatable bonds is 4. The predicted octanol–water partition coefficient (Wildman–Crippen LogP) is 3.73. The maximum atomic E-state index is 12.4. The molecule has 9 heteroatoms. The van der Waals surface area contributed by atoms with Crippen LogP contribution in [0.4, 0.5) is 10.5 Å². The lowest BCUT2D eigenvalue weighted by molar-refractivity contribution is -0.119. The molecular formula is C22H21N3O5S. The molecule has 8 nitrogen and oxygen atoms in total. The van der Waals surface area contributed by atoms with Crippen molar-refractivity contribution in [2.24, 2.45) is 0 Å². The molecule has 1 aliphatic heterocycles. The van der Waals surface area contributed by atoms with Crippen LogP contribution in [0, 0.1) is 0 Å². The minimum Gasteiger partial charge on any atom is -0.499 e. The van der Waals surface area contributed by atoms with Crippen molar-refractivity contribution in [2.45, 2.75) is 32.3 Å². The SMILES string of the molecule is CC(=O)NCC1CN(c2ccc3c(c2)CCCc2c(-c4csc(O)c4)noc2-3)C(=O)O1. The minimum absolute atomic E-state index is 0.153. The first-order valence-electron chi connectivity index (χ1n) is 10.1. The molecule has 1 aromatic carbocycles. The zero-order chi connectivity index (χ0) is 21.5. The zero-order valence-electron chi connectivity index (χ0n) is 16.9. The number of nitrogens with zero attached hydrogens (tertiary/aromatic N) is 2. The molecule has 3 aromatic rings. The number of cyclic esters (lactones) is 1. The molecule has 1 unspecified atom stereocenters. The van der Waals surface area contributed by atoms with Gasteiger partial charge in [0.1, 0.15) is 11.8 Å². The number of amides is 2. The van der Waals surface area contributed by atoms with Gasteiger partial charge in [0.25, 0.3) is 0 Å². The highest BCUT2D eigenvalue weighted by Crippen LogP contribution is 2.41. The van der Waals surface area contributed by atoms with Gasteiger partial charge in [0.2, 0.25) is 5.91 Å². The maximum Gasteiger partial charge on any atom is 0.414 e. The Hall–Kier alpha value is -3.33. The number of hydrogen-bond donors (Lipinski definition) is 2. The molecule has 1 aliphatic carbocycles. The lowest BCUT2D eigenvalue weighted by atomic mass is 10.0. The third-order valence-electron chi connectivity index (χ3n) is 5.62. The third kappa shape index (κ3) is 3.65. The van der Waals surface area contributed by atoms with E-state index < -0.39 is 6.09 Å². The second-order valence-electron chi connectivity index (χ2n) is 7.76. The highest BCUT2D eigenvalue weighted by Gasteiger charge is 2.33. The first-order chi connectivity index (χ1) is 15.0. The van der Waals surface area contributed by atoms with E-state index >= 15 is 0 Å². The first kappa shape index (κ1) is 19.6. The van der Waals surface area contributed by atoms with Gasteiger partial charge in [-0.05, 0) is 43.0 Å². The van der Waals surface area contributed by atoms with Crippen molar-refractivity contribution < 1.29 is 24.0 Å². The van der Waals surface area contributed by atoms with Crippen molar-refractivity contribution in [3.8, 4) is 27.6 Å². The van der Waals surface area contributed by atoms with Crippen molar-refractivity contribution in [2.75, 3.05) is 18.0 Å². The molecule has 0 radical (unpaired) electrons. The summed E-state index contributed by atoms with van der Waals surface area (Å²) in [6, 6.07) is 7.55. The highest BCUT2D eigenvalue weighted by molar-refractivity contribution is 7.12. The third-order valence-corrected chi connectivity index (χ3v) is 6.35. The molecule has 2 N–H and O–H groups in total. The summed E-state index contributed by atoms with van der Waals surface area (Å²) < 4.78 is 11.1. The van der Waals surface area contributed by atoms with Gasteiger partial charge in [0, 0.05) is 40.7 Å². The van der Waals surface area contributed by atoms with E-state index in [-0.39, 0.29) is 17.1 Å². The first-order valence-corrected chi connectivity index (χ1v) is 11.0. The molecule has 1 fully saturated rings. The van der Waals surface area contributed by atoms with Crippen molar-refractivity contribution >= 4 is 29.0 Å². The summed E-state index contributed by atoms with van der Waals surface area (Å²) in [6.07, 6.45) is 1.80. The number of carbonyl (C=O) groups excluding carboxylic acids is 2.